The fourth-order valence-corrected chi connectivity index (χ4v) is 1.88. The standard InChI is InChI=1S/C14H21NO/c1-4-13(5-2)14(16)15(3)11-12-9-7-6-8-10-12/h6-10,13H,4-5,11H2,1-3H3. The summed E-state index contributed by atoms with van der Waals surface area (Å²) >= 11 is 0. The summed E-state index contributed by atoms with van der Waals surface area (Å²) in [5.41, 5.74) is 1.18. The molecule has 1 aromatic rings. The molecule has 0 fully saturated rings. The quantitative estimate of drug-likeness (QED) is 0.745. The third-order valence-corrected chi connectivity index (χ3v) is 2.97. The summed E-state index contributed by atoms with van der Waals surface area (Å²) in [7, 11) is 1.88. The van der Waals surface area contributed by atoms with Gasteiger partial charge in [-0.2, -0.15) is 0 Å². The van der Waals surface area contributed by atoms with Gasteiger partial charge < -0.3 is 4.90 Å². The predicted molar refractivity (Wildman–Crippen MR) is 67.0 cm³/mol. The Labute approximate surface area is 98.3 Å². The van der Waals surface area contributed by atoms with E-state index < -0.39 is 0 Å². The molecule has 1 amide bonds. The van der Waals surface area contributed by atoms with Crippen LogP contribution in [0.5, 0.6) is 0 Å². The summed E-state index contributed by atoms with van der Waals surface area (Å²) in [4.78, 5) is 13.9. The second kappa shape index (κ2) is 6.31. The molecule has 0 saturated carbocycles. The topological polar surface area (TPSA) is 20.3 Å². The van der Waals surface area contributed by atoms with Gasteiger partial charge in [-0.05, 0) is 18.4 Å². The van der Waals surface area contributed by atoms with E-state index in [0.717, 1.165) is 12.8 Å². The fraction of sp³-hybridized carbons (Fsp3) is 0.500. The van der Waals surface area contributed by atoms with Crippen molar-refractivity contribution in [3.63, 3.8) is 0 Å². The van der Waals surface area contributed by atoms with Gasteiger partial charge in [0.15, 0.2) is 0 Å². The van der Waals surface area contributed by atoms with E-state index in [9.17, 15) is 4.79 Å². The van der Waals surface area contributed by atoms with E-state index in [1.54, 1.807) is 0 Å². The molecule has 0 saturated heterocycles. The van der Waals surface area contributed by atoms with Crippen LogP contribution in [0.3, 0.4) is 0 Å². The maximum atomic E-state index is 12.0. The molecule has 0 N–H and O–H groups in total. The van der Waals surface area contributed by atoms with E-state index in [1.807, 2.05) is 30.1 Å². The van der Waals surface area contributed by atoms with Crippen molar-refractivity contribution in [2.45, 2.75) is 33.2 Å². The summed E-state index contributed by atoms with van der Waals surface area (Å²) < 4.78 is 0. The van der Waals surface area contributed by atoms with Crippen molar-refractivity contribution in [2.24, 2.45) is 5.92 Å². The second-order valence-corrected chi connectivity index (χ2v) is 4.19. The summed E-state index contributed by atoms with van der Waals surface area (Å²) in [6.07, 6.45) is 1.85. The van der Waals surface area contributed by atoms with Crippen LogP contribution in [0, 0.1) is 5.92 Å². The van der Waals surface area contributed by atoms with E-state index in [0.29, 0.717) is 6.54 Å². The van der Waals surface area contributed by atoms with Crippen LogP contribution >= 0.6 is 0 Å². The molecule has 0 unspecified atom stereocenters. The van der Waals surface area contributed by atoms with Gasteiger partial charge in [-0.3, -0.25) is 4.79 Å². The SMILES string of the molecule is CCC(CC)C(=O)N(C)Cc1ccccc1. The molecule has 0 aliphatic carbocycles. The highest BCUT2D eigenvalue weighted by Crippen LogP contribution is 2.13. The number of hydrogen-bond acceptors (Lipinski definition) is 1. The van der Waals surface area contributed by atoms with Gasteiger partial charge in [0.1, 0.15) is 0 Å². The number of rotatable bonds is 5. The Hall–Kier alpha value is -1.31. The Balaban J connectivity index is 2.58. The zero-order valence-corrected chi connectivity index (χ0v) is 10.4. The maximum Gasteiger partial charge on any atom is 0.225 e. The molecule has 1 rings (SSSR count). The van der Waals surface area contributed by atoms with Gasteiger partial charge in [-0.25, -0.2) is 0 Å². The van der Waals surface area contributed by atoms with Gasteiger partial charge >= 0.3 is 0 Å². The predicted octanol–water partition coefficient (Wildman–Crippen LogP) is 3.08. The molecular weight excluding hydrogens is 198 g/mol. The smallest absolute Gasteiger partial charge is 0.225 e. The second-order valence-electron chi connectivity index (χ2n) is 4.19. The molecule has 16 heavy (non-hydrogen) atoms. The number of carbonyl (C=O) groups excluding carboxylic acids is 1. The third kappa shape index (κ3) is 3.37. The van der Waals surface area contributed by atoms with E-state index in [2.05, 4.69) is 26.0 Å². The summed E-state index contributed by atoms with van der Waals surface area (Å²) in [5.74, 6) is 0.433. The highest BCUT2D eigenvalue weighted by molar-refractivity contribution is 5.78. The molecule has 0 aromatic heterocycles. The highest BCUT2D eigenvalue weighted by atomic mass is 16.2. The number of hydrogen-bond donors (Lipinski definition) is 0. The van der Waals surface area contributed by atoms with Gasteiger partial charge in [-0.1, -0.05) is 44.2 Å². The maximum absolute atomic E-state index is 12.0. The minimum atomic E-state index is 0.175. The van der Waals surface area contributed by atoms with Crippen LogP contribution in [-0.2, 0) is 11.3 Å². The first kappa shape index (κ1) is 12.8. The lowest BCUT2D eigenvalue weighted by Crippen LogP contribution is -2.31. The van der Waals surface area contributed by atoms with E-state index >= 15 is 0 Å². The normalized spacial score (nSPS) is 10.5. The van der Waals surface area contributed by atoms with Crippen molar-refractivity contribution >= 4 is 5.91 Å². The Kier molecular flexibility index (Phi) is 5.03. The molecule has 0 atom stereocenters. The van der Waals surface area contributed by atoms with Crippen LogP contribution in [-0.4, -0.2) is 17.9 Å². The van der Waals surface area contributed by atoms with Crippen molar-refractivity contribution in [3.8, 4) is 0 Å². The molecule has 0 aliphatic heterocycles. The van der Waals surface area contributed by atoms with Crippen molar-refractivity contribution in [1.82, 2.24) is 4.90 Å². The van der Waals surface area contributed by atoms with Crippen molar-refractivity contribution in [2.75, 3.05) is 7.05 Å². The molecule has 2 nitrogen and oxygen atoms in total. The van der Waals surface area contributed by atoms with Crippen molar-refractivity contribution in [1.29, 1.82) is 0 Å². The summed E-state index contributed by atoms with van der Waals surface area (Å²) in [6.45, 7) is 4.85. The average molecular weight is 219 g/mol. The molecule has 0 radical (unpaired) electrons. The number of benzene rings is 1. The number of amides is 1. The third-order valence-electron chi connectivity index (χ3n) is 2.97. The van der Waals surface area contributed by atoms with Gasteiger partial charge in [0, 0.05) is 19.5 Å². The molecule has 88 valence electrons. The lowest BCUT2D eigenvalue weighted by molar-refractivity contribution is -0.134. The lowest BCUT2D eigenvalue weighted by atomic mass is 10.0. The van der Waals surface area contributed by atoms with Gasteiger partial charge in [0.2, 0.25) is 5.91 Å². The van der Waals surface area contributed by atoms with Gasteiger partial charge in [-0.15, -0.1) is 0 Å². The zero-order chi connectivity index (χ0) is 12.0. The largest absolute Gasteiger partial charge is 0.341 e. The van der Waals surface area contributed by atoms with Gasteiger partial charge in [0.25, 0.3) is 0 Å². The molecule has 1 aromatic carbocycles. The molecule has 0 bridgehead atoms. The molecule has 2 heteroatoms. The molecule has 0 spiro atoms. The van der Waals surface area contributed by atoms with E-state index in [4.69, 9.17) is 0 Å². The van der Waals surface area contributed by atoms with E-state index in [1.165, 1.54) is 5.56 Å². The monoisotopic (exact) mass is 219 g/mol. The van der Waals surface area contributed by atoms with Crippen LogP contribution in [0.15, 0.2) is 30.3 Å². The van der Waals surface area contributed by atoms with Gasteiger partial charge in [0.05, 0.1) is 0 Å². The number of carbonyl (C=O) groups is 1. The Morgan fingerprint density at radius 3 is 2.25 bits per heavy atom. The summed E-state index contributed by atoms with van der Waals surface area (Å²) in [6, 6.07) is 10.1. The molecule has 0 aliphatic rings. The van der Waals surface area contributed by atoms with Crippen LogP contribution in [0.4, 0.5) is 0 Å². The van der Waals surface area contributed by atoms with Crippen molar-refractivity contribution in [3.05, 3.63) is 35.9 Å². The summed E-state index contributed by atoms with van der Waals surface area (Å²) in [5, 5.41) is 0. The van der Waals surface area contributed by atoms with E-state index in [-0.39, 0.29) is 11.8 Å². The lowest BCUT2D eigenvalue weighted by Gasteiger charge is -2.22. The minimum absolute atomic E-state index is 0.175. The average Bonchev–Trinajstić information content (AvgIpc) is 2.31. The Bertz CT molecular complexity index is 317. The Morgan fingerprint density at radius 2 is 1.75 bits per heavy atom. The first-order valence-corrected chi connectivity index (χ1v) is 5.97. The van der Waals surface area contributed by atoms with Crippen LogP contribution in [0.25, 0.3) is 0 Å². The minimum Gasteiger partial charge on any atom is -0.341 e. The first-order valence-electron chi connectivity index (χ1n) is 5.97. The van der Waals surface area contributed by atoms with Crippen LogP contribution in [0.2, 0.25) is 0 Å². The highest BCUT2D eigenvalue weighted by Gasteiger charge is 2.18. The zero-order valence-electron chi connectivity index (χ0n) is 10.4. The van der Waals surface area contributed by atoms with Crippen LogP contribution in [0.1, 0.15) is 32.3 Å². The molecule has 0 heterocycles. The molecular formula is C14H21NO. The van der Waals surface area contributed by atoms with Crippen LogP contribution < -0.4 is 0 Å². The fourth-order valence-electron chi connectivity index (χ4n) is 1.88. The first-order chi connectivity index (χ1) is 7.69. The van der Waals surface area contributed by atoms with Crippen molar-refractivity contribution < 1.29 is 4.79 Å². The Morgan fingerprint density at radius 1 is 1.19 bits per heavy atom. The number of nitrogens with zero attached hydrogens (tertiary/aromatic N) is 1.